The number of benzene rings is 1. The number of hydrogen-bond donors (Lipinski definition) is 1. The van der Waals surface area contributed by atoms with Crippen LogP contribution >= 0.6 is 0 Å². The molecule has 2 nitrogen and oxygen atoms in total. The van der Waals surface area contributed by atoms with Crippen molar-refractivity contribution in [2.45, 2.75) is 31.5 Å². The minimum atomic E-state index is -4.27. The third kappa shape index (κ3) is 3.09. The highest BCUT2D eigenvalue weighted by Crippen LogP contribution is 2.45. The first-order chi connectivity index (χ1) is 10.1. The second-order valence-electron chi connectivity index (χ2n) is 6.01. The van der Waals surface area contributed by atoms with Crippen LogP contribution in [0, 0.1) is 5.92 Å². The predicted molar refractivity (Wildman–Crippen MR) is 76.0 cm³/mol. The first kappa shape index (κ1) is 14.9. The molecule has 1 heterocycles. The standard InChI is InChI=1S/C16H21F3N2/c17-16(18,19)14-7-2-1-6-13(14)15(12-4-3-5-12)21-10-8-20-9-11-21/h1-2,6-7,12,15,20H,3-5,8-11H2/t15-/m1/s1. The highest BCUT2D eigenvalue weighted by Gasteiger charge is 2.40. The van der Waals surface area contributed by atoms with Gasteiger partial charge in [-0.05, 0) is 30.4 Å². The first-order valence-corrected chi connectivity index (χ1v) is 7.68. The van der Waals surface area contributed by atoms with Crippen LogP contribution in [0.4, 0.5) is 13.2 Å². The summed E-state index contributed by atoms with van der Waals surface area (Å²) in [6.45, 7) is 3.37. The molecule has 1 aliphatic carbocycles. The van der Waals surface area contributed by atoms with Crippen LogP contribution in [0.25, 0.3) is 0 Å². The molecule has 0 unspecified atom stereocenters. The maximum atomic E-state index is 13.3. The summed E-state index contributed by atoms with van der Waals surface area (Å²) < 4.78 is 40.0. The van der Waals surface area contributed by atoms with E-state index in [4.69, 9.17) is 0 Å². The minimum Gasteiger partial charge on any atom is -0.314 e. The van der Waals surface area contributed by atoms with E-state index in [1.54, 1.807) is 12.1 Å². The van der Waals surface area contributed by atoms with Gasteiger partial charge in [0.1, 0.15) is 0 Å². The molecule has 3 rings (SSSR count). The van der Waals surface area contributed by atoms with Crippen LogP contribution in [0.15, 0.2) is 24.3 Å². The summed E-state index contributed by atoms with van der Waals surface area (Å²) >= 11 is 0. The lowest BCUT2D eigenvalue weighted by molar-refractivity contribution is -0.139. The van der Waals surface area contributed by atoms with E-state index < -0.39 is 11.7 Å². The molecule has 0 amide bonds. The first-order valence-electron chi connectivity index (χ1n) is 7.68. The topological polar surface area (TPSA) is 15.3 Å². The Hall–Kier alpha value is -1.07. The van der Waals surface area contributed by atoms with Gasteiger partial charge in [0.2, 0.25) is 0 Å². The molecule has 0 aromatic heterocycles. The number of alkyl halides is 3. The summed E-state index contributed by atoms with van der Waals surface area (Å²) in [5.74, 6) is 0.367. The SMILES string of the molecule is FC(F)(F)c1ccccc1[C@@H](C1CCC1)N1CCNCC1. The van der Waals surface area contributed by atoms with Crippen LogP contribution in [-0.4, -0.2) is 31.1 Å². The smallest absolute Gasteiger partial charge is 0.314 e. The molecule has 2 aliphatic rings. The van der Waals surface area contributed by atoms with Crippen LogP contribution in [0.3, 0.4) is 0 Å². The van der Waals surface area contributed by atoms with E-state index in [-0.39, 0.29) is 6.04 Å². The van der Waals surface area contributed by atoms with E-state index >= 15 is 0 Å². The molecule has 1 aromatic carbocycles. The van der Waals surface area contributed by atoms with Gasteiger partial charge in [-0.15, -0.1) is 0 Å². The van der Waals surface area contributed by atoms with E-state index in [0.717, 1.165) is 45.4 Å². The molecule has 1 aliphatic heterocycles. The molecule has 1 saturated carbocycles. The van der Waals surface area contributed by atoms with Gasteiger partial charge < -0.3 is 5.32 Å². The van der Waals surface area contributed by atoms with Gasteiger partial charge in [-0.3, -0.25) is 4.90 Å². The average Bonchev–Trinajstić information content (AvgIpc) is 2.43. The number of halogens is 3. The largest absolute Gasteiger partial charge is 0.416 e. The number of piperazine rings is 1. The molecule has 5 heteroatoms. The normalized spacial score (nSPS) is 22.8. The van der Waals surface area contributed by atoms with Gasteiger partial charge in [0, 0.05) is 32.2 Å². The van der Waals surface area contributed by atoms with E-state index in [2.05, 4.69) is 10.2 Å². The molecule has 0 bridgehead atoms. The van der Waals surface area contributed by atoms with Crippen molar-refractivity contribution in [3.05, 3.63) is 35.4 Å². The fourth-order valence-electron chi connectivity index (χ4n) is 3.48. The second-order valence-corrected chi connectivity index (χ2v) is 6.01. The van der Waals surface area contributed by atoms with E-state index in [1.165, 1.54) is 12.1 Å². The van der Waals surface area contributed by atoms with Crippen LogP contribution in [0.5, 0.6) is 0 Å². The zero-order chi connectivity index (χ0) is 14.9. The summed E-state index contributed by atoms with van der Waals surface area (Å²) in [6, 6.07) is 6.04. The van der Waals surface area contributed by atoms with Crippen molar-refractivity contribution in [2.24, 2.45) is 5.92 Å². The minimum absolute atomic E-state index is 0.0846. The lowest BCUT2D eigenvalue weighted by Crippen LogP contribution is -2.48. The molecule has 0 spiro atoms. The van der Waals surface area contributed by atoms with Gasteiger partial charge in [0.15, 0.2) is 0 Å². The Labute approximate surface area is 123 Å². The van der Waals surface area contributed by atoms with Crippen molar-refractivity contribution in [3.8, 4) is 0 Å². The zero-order valence-corrected chi connectivity index (χ0v) is 12.0. The van der Waals surface area contributed by atoms with Crippen molar-refractivity contribution in [1.29, 1.82) is 0 Å². The molecule has 116 valence electrons. The Balaban J connectivity index is 1.96. The fourth-order valence-corrected chi connectivity index (χ4v) is 3.48. The summed E-state index contributed by atoms with van der Waals surface area (Å²) in [5, 5.41) is 3.28. The lowest BCUT2D eigenvalue weighted by Gasteiger charge is -2.44. The van der Waals surface area contributed by atoms with Gasteiger partial charge in [-0.25, -0.2) is 0 Å². The summed E-state index contributed by atoms with van der Waals surface area (Å²) in [4.78, 5) is 2.24. The van der Waals surface area contributed by atoms with Crippen molar-refractivity contribution in [2.75, 3.05) is 26.2 Å². The number of nitrogens with zero attached hydrogens (tertiary/aromatic N) is 1. The number of hydrogen-bond acceptors (Lipinski definition) is 2. The van der Waals surface area contributed by atoms with Crippen molar-refractivity contribution < 1.29 is 13.2 Å². The Morgan fingerprint density at radius 1 is 1.10 bits per heavy atom. The van der Waals surface area contributed by atoms with Crippen LogP contribution in [0.2, 0.25) is 0 Å². The lowest BCUT2D eigenvalue weighted by atomic mass is 9.75. The molecule has 21 heavy (non-hydrogen) atoms. The van der Waals surface area contributed by atoms with Crippen LogP contribution in [-0.2, 0) is 6.18 Å². The Bertz CT molecular complexity index is 477. The molecule has 1 atom stereocenters. The van der Waals surface area contributed by atoms with Gasteiger partial charge in [-0.2, -0.15) is 13.2 Å². The summed E-state index contributed by atoms with van der Waals surface area (Å²) in [5.41, 5.74) is 0.0111. The van der Waals surface area contributed by atoms with Crippen molar-refractivity contribution in [3.63, 3.8) is 0 Å². The van der Waals surface area contributed by atoms with E-state index in [1.807, 2.05) is 0 Å². The van der Waals surface area contributed by atoms with Crippen LogP contribution in [0.1, 0.15) is 36.4 Å². The quantitative estimate of drug-likeness (QED) is 0.919. The highest BCUT2D eigenvalue weighted by atomic mass is 19.4. The second kappa shape index (κ2) is 5.97. The zero-order valence-electron chi connectivity index (χ0n) is 12.0. The number of rotatable bonds is 3. The molecular formula is C16H21F3N2. The molecule has 1 N–H and O–H groups in total. The van der Waals surface area contributed by atoms with Gasteiger partial charge in [0.25, 0.3) is 0 Å². The molecule has 2 fully saturated rings. The highest BCUT2D eigenvalue weighted by molar-refractivity contribution is 5.33. The van der Waals surface area contributed by atoms with Crippen molar-refractivity contribution >= 4 is 0 Å². The monoisotopic (exact) mass is 298 g/mol. The average molecular weight is 298 g/mol. The predicted octanol–water partition coefficient (Wildman–Crippen LogP) is 3.45. The fraction of sp³-hybridized carbons (Fsp3) is 0.625. The third-order valence-corrected chi connectivity index (χ3v) is 4.73. The number of nitrogens with one attached hydrogen (secondary N) is 1. The maximum Gasteiger partial charge on any atom is 0.416 e. The van der Waals surface area contributed by atoms with Gasteiger partial charge >= 0.3 is 6.18 Å². The Morgan fingerprint density at radius 2 is 1.76 bits per heavy atom. The van der Waals surface area contributed by atoms with E-state index in [9.17, 15) is 13.2 Å². The summed E-state index contributed by atoms with van der Waals surface area (Å²) in [6.07, 6.45) is -1.05. The van der Waals surface area contributed by atoms with Crippen molar-refractivity contribution in [1.82, 2.24) is 10.2 Å². The third-order valence-electron chi connectivity index (χ3n) is 4.73. The Morgan fingerprint density at radius 3 is 2.33 bits per heavy atom. The van der Waals surface area contributed by atoms with E-state index in [0.29, 0.717) is 11.5 Å². The molecule has 1 saturated heterocycles. The maximum absolute atomic E-state index is 13.3. The molecule has 0 radical (unpaired) electrons. The summed E-state index contributed by atoms with van der Waals surface area (Å²) in [7, 11) is 0. The van der Waals surface area contributed by atoms with Gasteiger partial charge in [-0.1, -0.05) is 24.6 Å². The molecule has 1 aromatic rings. The Kier molecular flexibility index (Phi) is 4.22. The van der Waals surface area contributed by atoms with Crippen LogP contribution < -0.4 is 5.32 Å². The molecular weight excluding hydrogens is 277 g/mol. The van der Waals surface area contributed by atoms with Gasteiger partial charge in [0.05, 0.1) is 5.56 Å².